The number of alkyl carbamates (subject to hydrolysis) is 1. The van der Waals surface area contributed by atoms with Gasteiger partial charge in [-0.1, -0.05) is 0 Å². The van der Waals surface area contributed by atoms with Crippen molar-refractivity contribution in [1.82, 2.24) is 5.32 Å². The van der Waals surface area contributed by atoms with Gasteiger partial charge in [0.25, 0.3) is 0 Å². The summed E-state index contributed by atoms with van der Waals surface area (Å²) in [6.07, 6.45) is 0.792. The van der Waals surface area contributed by atoms with Gasteiger partial charge in [0.1, 0.15) is 0 Å². The van der Waals surface area contributed by atoms with Gasteiger partial charge in [-0.3, -0.25) is 4.79 Å². The molecule has 1 unspecified atom stereocenters. The summed E-state index contributed by atoms with van der Waals surface area (Å²) in [6.45, 7) is 1.47. The highest BCUT2D eigenvalue weighted by Gasteiger charge is 2.27. The summed E-state index contributed by atoms with van der Waals surface area (Å²) in [4.78, 5) is 24.8. The van der Waals surface area contributed by atoms with E-state index in [4.69, 9.17) is 5.73 Å². The van der Waals surface area contributed by atoms with Crippen LogP contribution in [0.3, 0.4) is 0 Å². The van der Waals surface area contributed by atoms with E-state index < -0.39 is 6.09 Å². The van der Waals surface area contributed by atoms with Crippen molar-refractivity contribution in [3.8, 4) is 0 Å². The average molecular weight is 290 g/mol. The number of fused-ring (bicyclic) bond motifs is 1. The number of nitrogens with zero attached hydrogens (tertiary/aromatic N) is 1. The number of nitrogens with one attached hydrogen (secondary N) is 2. The molecule has 1 atom stereocenters. The number of carbonyl (C=O) groups excluding carboxylic acids is 2. The molecule has 0 aromatic heterocycles. The Morgan fingerprint density at radius 2 is 2.33 bits per heavy atom. The Morgan fingerprint density at radius 1 is 1.52 bits per heavy atom. The molecule has 112 valence electrons. The number of nitrogens with two attached hydrogens (primary N) is 1. The Hall–Kier alpha value is -2.44. The number of hydrogen-bond donors (Lipinski definition) is 3. The first kappa shape index (κ1) is 13.5. The molecule has 1 aromatic rings. The molecule has 0 radical (unpaired) electrons. The number of ether oxygens (including phenoxy) is 1. The highest BCUT2D eigenvalue weighted by molar-refractivity contribution is 6.01. The van der Waals surface area contributed by atoms with Gasteiger partial charge >= 0.3 is 6.09 Å². The second kappa shape index (κ2) is 5.16. The quantitative estimate of drug-likeness (QED) is 0.697. The fraction of sp³-hybridized carbons (Fsp3) is 0.429. The lowest BCUT2D eigenvalue weighted by Gasteiger charge is -2.21. The number of carbonyl (C=O) groups is 2. The van der Waals surface area contributed by atoms with E-state index in [2.05, 4.69) is 20.3 Å². The lowest BCUT2D eigenvalue weighted by Crippen LogP contribution is -2.37. The van der Waals surface area contributed by atoms with Gasteiger partial charge in [-0.05, 0) is 24.1 Å². The van der Waals surface area contributed by atoms with E-state index >= 15 is 0 Å². The van der Waals surface area contributed by atoms with Crippen LogP contribution >= 0.6 is 0 Å². The zero-order chi connectivity index (χ0) is 15.0. The fourth-order valence-electron chi connectivity index (χ4n) is 2.88. The van der Waals surface area contributed by atoms with Gasteiger partial charge in [0, 0.05) is 18.8 Å². The van der Waals surface area contributed by atoms with Crippen LogP contribution in [-0.4, -0.2) is 38.2 Å². The minimum Gasteiger partial charge on any atom is -0.453 e. The third kappa shape index (κ3) is 2.58. The van der Waals surface area contributed by atoms with Crippen molar-refractivity contribution in [2.75, 3.05) is 36.1 Å². The summed E-state index contributed by atoms with van der Waals surface area (Å²) in [7, 11) is 1.35. The molecule has 0 saturated carbocycles. The van der Waals surface area contributed by atoms with E-state index in [0.29, 0.717) is 18.7 Å². The number of anilines is 3. The number of nitrogen functional groups attached to an aromatic ring is 1. The van der Waals surface area contributed by atoms with Crippen molar-refractivity contribution in [2.24, 2.45) is 0 Å². The largest absolute Gasteiger partial charge is 0.453 e. The Bertz CT molecular complexity index is 602. The molecule has 2 aliphatic rings. The van der Waals surface area contributed by atoms with E-state index in [1.165, 1.54) is 7.11 Å². The van der Waals surface area contributed by atoms with Crippen LogP contribution in [-0.2, 0) is 16.0 Å². The maximum Gasteiger partial charge on any atom is 0.407 e. The van der Waals surface area contributed by atoms with Crippen molar-refractivity contribution < 1.29 is 14.3 Å². The highest BCUT2D eigenvalue weighted by Crippen LogP contribution is 2.35. The van der Waals surface area contributed by atoms with Gasteiger partial charge in [0.05, 0.1) is 30.9 Å². The zero-order valence-corrected chi connectivity index (χ0v) is 11.8. The lowest BCUT2D eigenvalue weighted by atomic mass is 10.1. The fourth-order valence-corrected chi connectivity index (χ4v) is 2.88. The third-order valence-corrected chi connectivity index (χ3v) is 3.91. The number of benzene rings is 1. The van der Waals surface area contributed by atoms with Crippen molar-refractivity contribution in [3.05, 3.63) is 17.7 Å². The number of amides is 2. The van der Waals surface area contributed by atoms with Gasteiger partial charge in [0.15, 0.2) is 0 Å². The van der Waals surface area contributed by atoms with E-state index in [9.17, 15) is 9.59 Å². The Kier molecular flexibility index (Phi) is 3.32. The summed E-state index contributed by atoms with van der Waals surface area (Å²) in [5.74, 6) is -0.00629. The average Bonchev–Trinajstić information content (AvgIpc) is 3.03. The van der Waals surface area contributed by atoms with E-state index in [-0.39, 0.29) is 11.9 Å². The van der Waals surface area contributed by atoms with Crippen molar-refractivity contribution in [1.29, 1.82) is 0 Å². The summed E-state index contributed by atoms with van der Waals surface area (Å²) in [5, 5.41) is 5.62. The molecule has 2 aliphatic heterocycles. The number of rotatable bonds is 2. The monoisotopic (exact) mass is 290 g/mol. The smallest absolute Gasteiger partial charge is 0.407 e. The molecular formula is C14H18N4O3. The van der Waals surface area contributed by atoms with Crippen LogP contribution in [0.25, 0.3) is 0 Å². The lowest BCUT2D eigenvalue weighted by molar-refractivity contribution is -0.115. The van der Waals surface area contributed by atoms with Crippen LogP contribution in [0.15, 0.2) is 12.1 Å². The van der Waals surface area contributed by atoms with Gasteiger partial charge in [-0.2, -0.15) is 0 Å². The van der Waals surface area contributed by atoms with Gasteiger partial charge in [-0.25, -0.2) is 4.79 Å². The molecule has 3 rings (SSSR count). The molecular weight excluding hydrogens is 272 g/mol. The number of hydrogen-bond acceptors (Lipinski definition) is 5. The minimum absolute atomic E-state index is 0.00629. The Labute approximate surface area is 122 Å². The predicted molar refractivity (Wildman–Crippen MR) is 79.3 cm³/mol. The summed E-state index contributed by atoms with van der Waals surface area (Å²) >= 11 is 0. The number of methoxy groups -OCH3 is 1. The van der Waals surface area contributed by atoms with Crippen LogP contribution in [0.5, 0.6) is 0 Å². The topological polar surface area (TPSA) is 96.7 Å². The van der Waals surface area contributed by atoms with Crippen LogP contribution in [0.2, 0.25) is 0 Å². The van der Waals surface area contributed by atoms with Gasteiger partial charge < -0.3 is 26.0 Å². The first-order chi connectivity index (χ1) is 10.1. The standard InChI is InChI=1S/C14H18N4O3/c1-21-14(20)16-9-2-3-18(7-9)12-6-11-8(4-10(12)15)5-13(19)17-11/h4,6,9H,2-3,5,7,15H2,1H3,(H,16,20)(H,17,19). The zero-order valence-electron chi connectivity index (χ0n) is 11.8. The normalized spacial score (nSPS) is 20.1. The molecule has 1 fully saturated rings. The molecule has 1 aromatic carbocycles. The molecule has 1 saturated heterocycles. The van der Waals surface area contributed by atoms with E-state index in [1.54, 1.807) is 0 Å². The van der Waals surface area contributed by atoms with Crippen LogP contribution < -0.4 is 21.3 Å². The van der Waals surface area contributed by atoms with Crippen molar-refractivity contribution >= 4 is 29.1 Å². The Balaban J connectivity index is 1.75. The first-order valence-corrected chi connectivity index (χ1v) is 6.88. The highest BCUT2D eigenvalue weighted by atomic mass is 16.5. The van der Waals surface area contributed by atoms with E-state index in [0.717, 1.165) is 29.9 Å². The minimum atomic E-state index is -0.420. The third-order valence-electron chi connectivity index (χ3n) is 3.91. The molecule has 0 bridgehead atoms. The summed E-state index contributed by atoms with van der Waals surface area (Å²) in [5.41, 5.74) is 9.41. The second-order valence-electron chi connectivity index (χ2n) is 5.36. The van der Waals surface area contributed by atoms with Gasteiger partial charge in [0.2, 0.25) is 5.91 Å². The maximum absolute atomic E-state index is 11.4. The van der Waals surface area contributed by atoms with E-state index in [1.807, 2.05) is 12.1 Å². The molecule has 21 heavy (non-hydrogen) atoms. The molecule has 4 N–H and O–H groups in total. The van der Waals surface area contributed by atoms with Gasteiger partial charge in [-0.15, -0.1) is 0 Å². The molecule has 7 heteroatoms. The first-order valence-electron chi connectivity index (χ1n) is 6.88. The van der Waals surface area contributed by atoms with Crippen molar-refractivity contribution in [2.45, 2.75) is 18.9 Å². The van der Waals surface area contributed by atoms with Crippen LogP contribution in [0, 0.1) is 0 Å². The summed E-state index contributed by atoms with van der Waals surface area (Å²) < 4.78 is 4.61. The van der Waals surface area contributed by atoms with Crippen LogP contribution in [0.1, 0.15) is 12.0 Å². The Morgan fingerprint density at radius 3 is 3.10 bits per heavy atom. The summed E-state index contributed by atoms with van der Waals surface area (Å²) in [6, 6.07) is 3.80. The molecule has 0 aliphatic carbocycles. The molecule has 2 heterocycles. The molecule has 7 nitrogen and oxygen atoms in total. The molecule has 0 spiro atoms. The predicted octanol–water partition coefficient (Wildman–Crippen LogP) is 0.698. The SMILES string of the molecule is COC(=O)NC1CCN(c2cc3c(cc2N)CC(=O)N3)C1. The second-order valence-corrected chi connectivity index (χ2v) is 5.36. The molecule has 2 amide bonds. The maximum atomic E-state index is 11.4. The van der Waals surface area contributed by atoms with Crippen molar-refractivity contribution in [3.63, 3.8) is 0 Å². The van der Waals surface area contributed by atoms with Crippen LogP contribution in [0.4, 0.5) is 21.9 Å².